The fourth-order valence-electron chi connectivity index (χ4n) is 3.40. The van der Waals surface area contributed by atoms with Crippen molar-refractivity contribution in [3.05, 3.63) is 102 Å². The minimum Gasteiger partial charge on any atom is -0.363 e. The lowest BCUT2D eigenvalue weighted by Gasteiger charge is -2.26. The van der Waals surface area contributed by atoms with Crippen molar-refractivity contribution < 1.29 is 13.6 Å². The van der Waals surface area contributed by atoms with Gasteiger partial charge in [-0.25, -0.2) is 0 Å². The van der Waals surface area contributed by atoms with Crippen LogP contribution in [0.2, 0.25) is 0 Å². The first kappa shape index (κ1) is 22.3. The van der Waals surface area contributed by atoms with E-state index in [0.717, 1.165) is 24.3 Å². The molecule has 0 heterocycles. The van der Waals surface area contributed by atoms with Crippen LogP contribution in [0.3, 0.4) is 0 Å². The average Bonchev–Trinajstić information content (AvgIpc) is 2.75. The van der Waals surface area contributed by atoms with Crippen molar-refractivity contribution in [3.63, 3.8) is 0 Å². The minimum absolute atomic E-state index is 0.284. The summed E-state index contributed by atoms with van der Waals surface area (Å²) in [7, 11) is -3.10. The number of benzene rings is 3. The normalized spacial score (nSPS) is 11.4. The Morgan fingerprint density at radius 1 is 0.667 bits per heavy atom. The first-order valence-corrected chi connectivity index (χ1v) is 12.1. The molecule has 0 N–H and O–H groups in total. The molecule has 0 saturated carbocycles. The molecule has 3 rings (SSSR count). The molecule has 0 radical (unpaired) electrons. The minimum atomic E-state index is -3.10. The highest BCUT2D eigenvalue weighted by molar-refractivity contribution is 7.53. The molecule has 0 aliphatic heterocycles. The van der Waals surface area contributed by atoms with Gasteiger partial charge in [0.2, 0.25) is 0 Å². The van der Waals surface area contributed by atoms with Crippen LogP contribution >= 0.6 is 7.60 Å². The van der Waals surface area contributed by atoms with E-state index >= 15 is 0 Å². The molecule has 4 nitrogen and oxygen atoms in total. The first-order chi connectivity index (χ1) is 14.6. The zero-order valence-electron chi connectivity index (χ0n) is 17.7. The lowest BCUT2D eigenvalue weighted by atomic mass is 10.1. The van der Waals surface area contributed by atoms with Gasteiger partial charge in [0.25, 0.3) is 0 Å². The van der Waals surface area contributed by atoms with Gasteiger partial charge in [-0.3, -0.25) is 4.57 Å². The summed E-state index contributed by atoms with van der Waals surface area (Å²) < 4.78 is 23.7. The Kier molecular flexibility index (Phi) is 8.27. The predicted octanol–water partition coefficient (Wildman–Crippen LogP) is 6.66. The highest BCUT2D eigenvalue weighted by Crippen LogP contribution is 2.51. The van der Waals surface area contributed by atoms with Crippen LogP contribution in [0.25, 0.3) is 0 Å². The third-order valence-corrected chi connectivity index (χ3v) is 6.82. The van der Waals surface area contributed by atoms with E-state index in [4.69, 9.17) is 9.05 Å². The van der Waals surface area contributed by atoms with Crippen LogP contribution in [0.1, 0.15) is 30.5 Å². The second-order valence-corrected chi connectivity index (χ2v) is 9.15. The van der Waals surface area contributed by atoms with Gasteiger partial charge in [-0.2, -0.15) is 0 Å². The van der Waals surface area contributed by atoms with E-state index in [1.807, 2.05) is 38.1 Å². The van der Waals surface area contributed by atoms with Crippen molar-refractivity contribution in [2.45, 2.75) is 33.1 Å². The number of nitrogens with zero attached hydrogens (tertiary/aromatic N) is 1. The molecule has 0 saturated heterocycles. The number of hydrogen-bond donors (Lipinski definition) is 0. The molecule has 0 aliphatic rings. The Labute approximate surface area is 180 Å². The Hall–Kier alpha value is -2.39. The largest absolute Gasteiger partial charge is 0.363 e. The van der Waals surface area contributed by atoms with E-state index in [9.17, 15) is 4.57 Å². The third-order valence-electron chi connectivity index (χ3n) is 4.76. The maximum absolute atomic E-state index is 12.8. The summed E-state index contributed by atoms with van der Waals surface area (Å²) in [5.74, 6) is 0. The monoisotopic (exact) mass is 423 g/mol. The van der Waals surface area contributed by atoms with Gasteiger partial charge in [-0.05, 0) is 42.7 Å². The number of hydrogen-bond acceptors (Lipinski definition) is 4. The SMILES string of the molecule is CCOP(=O)(Cc1ccc(N(Cc2ccccc2)Cc2ccccc2)cc1)OCC. The van der Waals surface area contributed by atoms with Gasteiger partial charge in [0, 0.05) is 18.8 Å². The fourth-order valence-corrected chi connectivity index (χ4v) is 5.11. The molecule has 0 aliphatic carbocycles. The van der Waals surface area contributed by atoms with Crippen molar-refractivity contribution in [2.75, 3.05) is 18.1 Å². The molecular formula is C25H30NO3P. The molecule has 30 heavy (non-hydrogen) atoms. The second kappa shape index (κ2) is 11.1. The van der Waals surface area contributed by atoms with Crippen LogP contribution in [-0.4, -0.2) is 13.2 Å². The van der Waals surface area contributed by atoms with Gasteiger partial charge < -0.3 is 13.9 Å². The summed E-state index contributed by atoms with van der Waals surface area (Å²) >= 11 is 0. The number of rotatable bonds is 11. The zero-order valence-corrected chi connectivity index (χ0v) is 18.6. The molecule has 5 heteroatoms. The molecule has 0 spiro atoms. The maximum Gasteiger partial charge on any atom is 0.335 e. The van der Waals surface area contributed by atoms with Crippen LogP contribution in [0, 0.1) is 0 Å². The molecule has 0 atom stereocenters. The summed E-state index contributed by atoms with van der Waals surface area (Å²) in [4.78, 5) is 2.35. The van der Waals surface area contributed by atoms with E-state index in [1.54, 1.807) is 0 Å². The highest BCUT2D eigenvalue weighted by Gasteiger charge is 2.24. The summed E-state index contributed by atoms with van der Waals surface area (Å²) in [6, 6.07) is 29.1. The van der Waals surface area contributed by atoms with E-state index in [0.29, 0.717) is 13.2 Å². The average molecular weight is 423 g/mol. The van der Waals surface area contributed by atoms with Crippen molar-refractivity contribution in [1.82, 2.24) is 0 Å². The maximum atomic E-state index is 12.8. The van der Waals surface area contributed by atoms with Gasteiger partial charge in [0.05, 0.1) is 19.4 Å². The van der Waals surface area contributed by atoms with Gasteiger partial charge in [-0.1, -0.05) is 72.8 Å². The smallest absolute Gasteiger partial charge is 0.335 e. The summed E-state index contributed by atoms with van der Waals surface area (Å²) in [6.07, 6.45) is 0.284. The highest BCUT2D eigenvalue weighted by atomic mass is 31.2. The molecule has 3 aromatic rings. The van der Waals surface area contributed by atoms with Crippen molar-refractivity contribution >= 4 is 13.3 Å². The van der Waals surface area contributed by atoms with Gasteiger partial charge in [-0.15, -0.1) is 0 Å². The van der Waals surface area contributed by atoms with E-state index in [-0.39, 0.29) is 6.16 Å². The Balaban J connectivity index is 1.80. The third kappa shape index (κ3) is 6.56. The van der Waals surface area contributed by atoms with Gasteiger partial charge >= 0.3 is 7.60 Å². The van der Waals surface area contributed by atoms with Crippen molar-refractivity contribution in [1.29, 1.82) is 0 Å². The van der Waals surface area contributed by atoms with Gasteiger partial charge in [0.15, 0.2) is 0 Å². The van der Waals surface area contributed by atoms with Gasteiger partial charge in [0.1, 0.15) is 0 Å². The quantitative estimate of drug-likeness (QED) is 0.323. The van der Waals surface area contributed by atoms with Crippen LogP contribution in [0.5, 0.6) is 0 Å². The molecule has 0 unspecified atom stereocenters. The van der Waals surface area contributed by atoms with Crippen LogP contribution in [0.4, 0.5) is 5.69 Å². The Morgan fingerprint density at radius 3 is 1.57 bits per heavy atom. The van der Waals surface area contributed by atoms with Crippen LogP contribution < -0.4 is 4.90 Å². The van der Waals surface area contributed by atoms with Crippen LogP contribution in [0.15, 0.2) is 84.9 Å². The molecular weight excluding hydrogens is 393 g/mol. The number of anilines is 1. The van der Waals surface area contributed by atoms with E-state index in [2.05, 4.69) is 65.6 Å². The Bertz CT molecular complexity index is 878. The predicted molar refractivity (Wildman–Crippen MR) is 124 cm³/mol. The first-order valence-electron chi connectivity index (χ1n) is 10.4. The lowest BCUT2D eigenvalue weighted by molar-refractivity contribution is 0.219. The fraction of sp³-hybridized carbons (Fsp3) is 0.280. The molecule has 3 aromatic carbocycles. The van der Waals surface area contributed by atoms with E-state index < -0.39 is 7.60 Å². The van der Waals surface area contributed by atoms with Crippen molar-refractivity contribution in [3.8, 4) is 0 Å². The second-order valence-electron chi connectivity index (χ2n) is 7.10. The molecule has 0 aromatic heterocycles. The standard InChI is InChI=1S/C25H30NO3P/c1-3-28-30(27,29-4-2)21-24-15-17-25(18-16-24)26(19-22-11-7-5-8-12-22)20-23-13-9-6-10-14-23/h5-18H,3-4,19-21H2,1-2H3. The lowest BCUT2D eigenvalue weighted by Crippen LogP contribution is -2.22. The summed E-state index contributed by atoms with van der Waals surface area (Å²) in [5, 5.41) is 0. The molecule has 0 bridgehead atoms. The Morgan fingerprint density at radius 2 is 1.13 bits per heavy atom. The van der Waals surface area contributed by atoms with E-state index in [1.165, 1.54) is 11.1 Å². The van der Waals surface area contributed by atoms with Crippen LogP contribution in [-0.2, 0) is 32.9 Å². The zero-order chi connectivity index (χ0) is 21.2. The molecule has 0 amide bonds. The topological polar surface area (TPSA) is 38.8 Å². The van der Waals surface area contributed by atoms with Crippen molar-refractivity contribution in [2.24, 2.45) is 0 Å². The molecule has 0 fully saturated rings. The molecule has 158 valence electrons. The summed E-state index contributed by atoms with van der Waals surface area (Å²) in [6.45, 7) is 6.03. The summed E-state index contributed by atoms with van der Waals surface area (Å²) in [5.41, 5.74) is 4.59.